The zero-order chi connectivity index (χ0) is 17.8. The lowest BCUT2D eigenvalue weighted by Crippen LogP contribution is -2.27. The highest BCUT2D eigenvalue weighted by Gasteiger charge is 2.25. The average Bonchev–Trinajstić information content (AvgIpc) is 3.02. The Bertz CT molecular complexity index is 784. The normalized spacial score (nSPS) is 13.2. The summed E-state index contributed by atoms with van der Waals surface area (Å²) < 4.78 is 19.5. The minimum atomic E-state index is -0.376. The van der Waals surface area contributed by atoms with Crippen LogP contribution in [0.2, 0.25) is 0 Å². The zero-order valence-corrected chi connectivity index (χ0v) is 14.0. The number of carbonyl (C=O) groups is 2. The summed E-state index contributed by atoms with van der Waals surface area (Å²) in [7, 11) is 1.31. The van der Waals surface area contributed by atoms with Crippen LogP contribution in [-0.4, -0.2) is 35.3 Å². The van der Waals surface area contributed by atoms with Gasteiger partial charge < -0.3 is 10.1 Å². The molecular weight excluding hydrogens is 325 g/mol. The van der Waals surface area contributed by atoms with Crippen LogP contribution in [0.25, 0.3) is 5.69 Å². The van der Waals surface area contributed by atoms with Gasteiger partial charge in [0.25, 0.3) is 5.91 Å². The van der Waals surface area contributed by atoms with Gasteiger partial charge in [0.2, 0.25) is 0 Å². The first kappa shape index (κ1) is 17.1. The Labute approximate surface area is 145 Å². The number of rotatable bonds is 5. The molecule has 3 rings (SSSR count). The van der Waals surface area contributed by atoms with Crippen molar-refractivity contribution in [3.63, 3.8) is 0 Å². The van der Waals surface area contributed by atoms with Crippen LogP contribution in [0.3, 0.4) is 0 Å². The number of nitrogens with one attached hydrogen (secondary N) is 1. The fourth-order valence-corrected chi connectivity index (χ4v) is 3.04. The molecular formula is C18H20FN3O3. The molecule has 25 heavy (non-hydrogen) atoms. The lowest BCUT2D eigenvalue weighted by molar-refractivity contribution is -0.140. The largest absolute Gasteiger partial charge is 0.469 e. The van der Waals surface area contributed by atoms with Crippen LogP contribution in [0.4, 0.5) is 4.39 Å². The predicted molar refractivity (Wildman–Crippen MR) is 89.1 cm³/mol. The molecule has 0 bridgehead atoms. The summed E-state index contributed by atoms with van der Waals surface area (Å²) in [5.41, 5.74) is 3.04. The first-order valence-corrected chi connectivity index (χ1v) is 8.32. The summed E-state index contributed by atoms with van der Waals surface area (Å²) in [4.78, 5) is 23.6. The second-order valence-corrected chi connectivity index (χ2v) is 5.95. The Balaban J connectivity index is 1.85. The number of carbonyl (C=O) groups excluding carboxylic acids is 2. The maximum Gasteiger partial charge on any atom is 0.307 e. The van der Waals surface area contributed by atoms with Crippen LogP contribution in [0, 0.1) is 5.82 Å². The SMILES string of the molecule is COC(=O)CCNC(=O)c1nn(-c2ccc(F)cc2)c2c1CCCC2. The summed E-state index contributed by atoms with van der Waals surface area (Å²) in [5.74, 6) is -0.993. The molecule has 1 heterocycles. The molecule has 1 aromatic carbocycles. The first-order valence-electron chi connectivity index (χ1n) is 8.32. The molecule has 1 aliphatic rings. The van der Waals surface area contributed by atoms with E-state index in [2.05, 4.69) is 15.2 Å². The fourth-order valence-electron chi connectivity index (χ4n) is 3.04. The number of esters is 1. The van der Waals surface area contributed by atoms with E-state index in [1.54, 1.807) is 16.8 Å². The molecule has 1 N–H and O–H groups in total. The van der Waals surface area contributed by atoms with E-state index in [-0.39, 0.29) is 30.7 Å². The van der Waals surface area contributed by atoms with Crippen molar-refractivity contribution in [2.75, 3.05) is 13.7 Å². The third-order valence-corrected chi connectivity index (χ3v) is 4.31. The fraction of sp³-hybridized carbons (Fsp3) is 0.389. The Morgan fingerprint density at radius 3 is 2.68 bits per heavy atom. The molecule has 132 valence electrons. The van der Waals surface area contributed by atoms with Crippen LogP contribution in [0.15, 0.2) is 24.3 Å². The van der Waals surface area contributed by atoms with Gasteiger partial charge in [-0.05, 0) is 49.9 Å². The van der Waals surface area contributed by atoms with Gasteiger partial charge >= 0.3 is 5.97 Å². The number of hydrogen-bond acceptors (Lipinski definition) is 4. The summed E-state index contributed by atoms with van der Waals surface area (Å²) in [6.07, 6.45) is 3.77. The van der Waals surface area contributed by atoms with Crippen molar-refractivity contribution in [1.29, 1.82) is 0 Å². The van der Waals surface area contributed by atoms with Crippen LogP contribution in [-0.2, 0) is 22.4 Å². The van der Waals surface area contributed by atoms with Crippen molar-refractivity contribution >= 4 is 11.9 Å². The quantitative estimate of drug-likeness (QED) is 0.843. The lowest BCUT2D eigenvalue weighted by atomic mass is 9.95. The molecule has 2 aromatic rings. The number of methoxy groups -OCH3 is 1. The number of halogens is 1. The summed E-state index contributed by atoms with van der Waals surface area (Å²) in [6.45, 7) is 0.198. The molecule has 6 nitrogen and oxygen atoms in total. The Morgan fingerprint density at radius 2 is 1.96 bits per heavy atom. The van der Waals surface area contributed by atoms with Gasteiger partial charge in [-0.15, -0.1) is 0 Å². The standard InChI is InChI=1S/C18H20FN3O3/c1-25-16(23)10-11-20-18(24)17-14-4-2-3-5-15(14)22(21-17)13-8-6-12(19)7-9-13/h6-9H,2-5,10-11H2,1H3,(H,20,24). The van der Waals surface area contributed by atoms with E-state index >= 15 is 0 Å². The maximum absolute atomic E-state index is 13.2. The maximum atomic E-state index is 13.2. The van der Waals surface area contributed by atoms with Crippen LogP contribution in [0.5, 0.6) is 0 Å². The molecule has 7 heteroatoms. The molecule has 0 saturated carbocycles. The highest BCUT2D eigenvalue weighted by Crippen LogP contribution is 2.27. The molecule has 0 saturated heterocycles. The van der Waals surface area contributed by atoms with Crippen molar-refractivity contribution in [2.24, 2.45) is 0 Å². The summed E-state index contributed by atoms with van der Waals surface area (Å²) in [5, 5.41) is 7.19. The van der Waals surface area contributed by atoms with Crippen molar-refractivity contribution in [2.45, 2.75) is 32.1 Å². The Hall–Kier alpha value is -2.70. The van der Waals surface area contributed by atoms with Gasteiger partial charge in [-0.3, -0.25) is 9.59 Å². The summed E-state index contributed by atoms with van der Waals surface area (Å²) in [6, 6.07) is 6.05. The second kappa shape index (κ2) is 7.46. The minimum Gasteiger partial charge on any atom is -0.469 e. The molecule has 0 aliphatic heterocycles. The number of nitrogens with zero attached hydrogens (tertiary/aromatic N) is 2. The first-order chi connectivity index (χ1) is 12.1. The van der Waals surface area contributed by atoms with Crippen LogP contribution in [0.1, 0.15) is 41.0 Å². The van der Waals surface area contributed by atoms with E-state index in [9.17, 15) is 14.0 Å². The highest BCUT2D eigenvalue weighted by atomic mass is 19.1. The smallest absolute Gasteiger partial charge is 0.307 e. The Kier molecular flexibility index (Phi) is 5.11. The number of aromatic nitrogens is 2. The zero-order valence-electron chi connectivity index (χ0n) is 14.0. The monoisotopic (exact) mass is 345 g/mol. The molecule has 0 unspecified atom stereocenters. The molecule has 1 aliphatic carbocycles. The van der Waals surface area contributed by atoms with Crippen molar-refractivity contribution in [3.8, 4) is 5.69 Å². The van der Waals surface area contributed by atoms with Crippen molar-refractivity contribution in [3.05, 3.63) is 47.0 Å². The van der Waals surface area contributed by atoms with Gasteiger partial charge in [0.15, 0.2) is 5.69 Å². The molecule has 0 radical (unpaired) electrons. The van der Waals surface area contributed by atoms with E-state index < -0.39 is 0 Å². The van der Waals surface area contributed by atoms with Gasteiger partial charge in [0, 0.05) is 17.8 Å². The number of fused-ring (bicyclic) bond motifs is 1. The second-order valence-electron chi connectivity index (χ2n) is 5.95. The van der Waals surface area contributed by atoms with Crippen LogP contribution < -0.4 is 5.32 Å². The topological polar surface area (TPSA) is 73.2 Å². The van der Waals surface area contributed by atoms with E-state index in [1.807, 2.05) is 0 Å². The molecule has 0 spiro atoms. The molecule has 1 amide bonds. The summed E-state index contributed by atoms with van der Waals surface area (Å²) >= 11 is 0. The lowest BCUT2D eigenvalue weighted by Gasteiger charge is -2.14. The average molecular weight is 345 g/mol. The van der Waals surface area contributed by atoms with Crippen molar-refractivity contribution < 1.29 is 18.7 Å². The number of hydrogen-bond donors (Lipinski definition) is 1. The van der Waals surface area contributed by atoms with E-state index in [1.165, 1.54) is 19.2 Å². The van der Waals surface area contributed by atoms with E-state index in [4.69, 9.17) is 0 Å². The number of benzene rings is 1. The third kappa shape index (κ3) is 3.70. The molecule has 0 atom stereocenters. The van der Waals surface area contributed by atoms with E-state index in [0.717, 1.165) is 42.6 Å². The van der Waals surface area contributed by atoms with Gasteiger partial charge in [0.1, 0.15) is 5.82 Å². The minimum absolute atomic E-state index is 0.114. The molecule has 0 fully saturated rings. The number of amides is 1. The van der Waals surface area contributed by atoms with Gasteiger partial charge in [-0.25, -0.2) is 9.07 Å². The number of ether oxygens (including phenoxy) is 1. The molecule has 1 aromatic heterocycles. The van der Waals surface area contributed by atoms with Gasteiger partial charge in [0.05, 0.1) is 19.2 Å². The predicted octanol–water partition coefficient (Wildman–Crippen LogP) is 2.18. The highest BCUT2D eigenvalue weighted by molar-refractivity contribution is 5.94. The van der Waals surface area contributed by atoms with Crippen LogP contribution >= 0.6 is 0 Å². The van der Waals surface area contributed by atoms with Gasteiger partial charge in [-0.2, -0.15) is 5.10 Å². The third-order valence-electron chi connectivity index (χ3n) is 4.31. The van der Waals surface area contributed by atoms with Crippen molar-refractivity contribution in [1.82, 2.24) is 15.1 Å². The van der Waals surface area contributed by atoms with E-state index in [0.29, 0.717) is 5.69 Å². The van der Waals surface area contributed by atoms with Gasteiger partial charge in [-0.1, -0.05) is 0 Å². The Morgan fingerprint density at radius 1 is 1.24 bits per heavy atom.